The molecule has 0 bridgehead atoms. The molecule has 0 amide bonds. The van der Waals surface area contributed by atoms with E-state index >= 15 is 0 Å². The zero-order valence-electron chi connectivity index (χ0n) is 18.5. The minimum atomic E-state index is -0.00942. The summed E-state index contributed by atoms with van der Waals surface area (Å²) in [4.78, 5) is 4.35. The zero-order valence-corrected chi connectivity index (χ0v) is 20.9. The fourth-order valence-electron chi connectivity index (χ4n) is 3.45. The molecule has 0 aliphatic rings. The van der Waals surface area contributed by atoms with E-state index in [1.54, 1.807) is 19.2 Å². The van der Waals surface area contributed by atoms with Gasteiger partial charge >= 0.3 is 0 Å². The number of hydrogen-bond donors (Lipinski definition) is 3. The van der Waals surface area contributed by atoms with Crippen molar-refractivity contribution < 1.29 is 14.6 Å². The summed E-state index contributed by atoms with van der Waals surface area (Å²) in [5.74, 6) is 1.60. The Balaban J connectivity index is 0.00000363. The van der Waals surface area contributed by atoms with Crippen LogP contribution in [0.2, 0.25) is 0 Å². The topological polar surface area (TPSA) is 75.1 Å². The molecule has 6 nitrogen and oxygen atoms in total. The van der Waals surface area contributed by atoms with Gasteiger partial charge in [-0.2, -0.15) is 0 Å². The van der Waals surface area contributed by atoms with Crippen LogP contribution in [-0.2, 0) is 6.54 Å². The predicted molar refractivity (Wildman–Crippen MR) is 140 cm³/mol. The average molecular weight is 547 g/mol. The molecule has 32 heavy (non-hydrogen) atoms. The Hall–Kier alpha value is -2.94. The molecule has 3 rings (SSSR count). The summed E-state index contributed by atoms with van der Waals surface area (Å²) in [6, 6.07) is 24.4. The lowest BCUT2D eigenvalue weighted by Crippen LogP contribution is -2.39. The third-order valence-electron chi connectivity index (χ3n) is 5.10. The van der Waals surface area contributed by atoms with Gasteiger partial charge in [-0.05, 0) is 28.8 Å². The van der Waals surface area contributed by atoms with E-state index in [4.69, 9.17) is 9.47 Å². The molecule has 0 saturated heterocycles. The van der Waals surface area contributed by atoms with Gasteiger partial charge in [0.25, 0.3) is 0 Å². The van der Waals surface area contributed by atoms with Gasteiger partial charge in [-0.25, -0.2) is 0 Å². The molecule has 3 N–H and O–H groups in total. The molecule has 0 atom stereocenters. The van der Waals surface area contributed by atoms with Crippen LogP contribution in [0, 0.1) is 0 Å². The van der Waals surface area contributed by atoms with Crippen molar-refractivity contribution in [1.29, 1.82) is 0 Å². The molecule has 7 heteroatoms. The van der Waals surface area contributed by atoms with E-state index in [1.807, 2.05) is 12.1 Å². The molecule has 0 saturated carbocycles. The first-order valence-electron chi connectivity index (χ1n) is 10.1. The SMILES string of the molecule is CN=C(NCc1cc(OC)c(O)c(OC)c1)NCC(c1ccccc1)c1ccccc1.I. The lowest BCUT2D eigenvalue weighted by Gasteiger charge is -2.21. The molecule has 3 aromatic rings. The Kier molecular flexibility index (Phi) is 10.1. The van der Waals surface area contributed by atoms with Gasteiger partial charge in [0.2, 0.25) is 5.75 Å². The number of aliphatic imine (C=N–C) groups is 1. The van der Waals surface area contributed by atoms with Crippen molar-refractivity contribution in [3.63, 3.8) is 0 Å². The number of phenolic OH excluding ortho intramolecular Hbond substituents is 1. The second-order valence-electron chi connectivity index (χ2n) is 7.03. The maximum Gasteiger partial charge on any atom is 0.200 e. The van der Waals surface area contributed by atoms with Crippen LogP contribution in [0.3, 0.4) is 0 Å². The highest BCUT2D eigenvalue weighted by atomic mass is 127. The van der Waals surface area contributed by atoms with Gasteiger partial charge in [0, 0.05) is 26.1 Å². The third-order valence-corrected chi connectivity index (χ3v) is 5.10. The van der Waals surface area contributed by atoms with Crippen LogP contribution in [0.25, 0.3) is 0 Å². The predicted octanol–water partition coefficient (Wildman–Crippen LogP) is 4.52. The monoisotopic (exact) mass is 547 g/mol. The molecule has 3 aromatic carbocycles. The number of benzene rings is 3. The summed E-state index contributed by atoms with van der Waals surface area (Å²) < 4.78 is 10.5. The van der Waals surface area contributed by atoms with Crippen molar-refractivity contribution in [1.82, 2.24) is 10.6 Å². The molecule has 0 heterocycles. The van der Waals surface area contributed by atoms with Crippen LogP contribution in [0.1, 0.15) is 22.6 Å². The number of nitrogens with one attached hydrogen (secondary N) is 2. The smallest absolute Gasteiger partial charge is 0.200 e. The van der Waals surface area contributed by atoms with E-state index < -0.39 is 0 Å². The molecular formula is C25H30IN3O3. The standard InChI is InChI=1S/C25H29N3O3.HI/c1-26-25(27-16-18-14-22(30-2)24(29)23(15-18)31-3)28-17-21(19-10-6-4-7-11-19)20-12-8-5-9-13-20;/h4-15,21,29H,16-17H2,1-3H3,(H2,26,27,28);1H. The molecule has 0 radical (unpaired) electrons. The Morgan fingerprint density at radius 3 is 1.81 bits per heavy atom. The first-order chi connectivity index (χ1) is 15.2. The Bertz CT molecular complexity index is 933. The summed E-state index contributed by atoms with van der Waals surface area (Å²) in [6.45, 7) is 1.18. The maximum absolute atomic E-state index is 10.1. The van der Waals surface area contributed by atoms with Crippen LogP contribution in [-0.4, -0.2) is 38.9 Å². The molecule has 0 spiro atoms. The van der Waals surface area contributed by atoms with Crippen LogP contribution in [0.15, 0.2) is 77.8 Å². The maximum atomic E-state index is 10.1. The zero-order chi connectivity index (χ0) is 22.1. The lowest BCUT2D eigenvalue weighted by atomic mass is 9.91. The number of halogens is 1. The van der Waals surface area contributed by atoms with Crippen molar-refractivity contribution in [3.05, 3.63) is 89.5 Å². The Morgan fingerprint density at radius 1 is 0.875 bits per heavy atom. The molecule has 170 valence electrons. The van der Waals surface area contributed by atoms with Gasteiger partial charge in [-0.3, -0.25) is 4.99 Å². The summed E-state index contributed by atoms with van der Waals surface area (Å²) in [5.41, 5.74) is 3.38. The van der Waals surface area contributed by atoms with E-state index in [0.29, 0.717) is 30.5 Å². The minimum Gasteiger partial charge on any atom is -0.502 e. The average Bonchev–Trinajstić information content (AvgIpc) is 2.83. The fraction of sp³-hybridized carbons (Fsp3) is 0.240. The molecule has 0 aromatic heterocycles. The molecular weight excluding hydrogens is 517 g/mol. The Morgan fingerprint density at radius 2 is 1.38 bits per heavy atom. The van der Waals surface area contributed by atoms with Crippen LogP contribution < -0.4 is 20.1 Å². The number of hydrogen-bond acceptors (Lipinski definition) is 4. The van der Waals surface area contributed by atoms with Crippen LogP contribution in [0.5, 0.6) is 17.2 Å². The first-order valence-corrected chi connectivity index (χ1v) is 10.1. The second-order valence-corrected chi connectivity index (χ2v) is 7.03. The van der Waals surface area contributed by atoms with Crippen molar-refractivity contribution in [3.8, 4) is 17.2 Å². The molecule has 0 unspecified atom stereocenters. The number of nitrogens with zero attached hydrogens (tertiary/aromatic N) is 1. The molecule has 0 fully saturated rings. The number of aromatic hydroxyl groups is 1. The molecule has 0 aliphatic heterocycles. The van der Waals surface area contributed by atoms with Gasteiger partial charge < -0.3 is 25.2 Å². The van der Waals surface area contributed by atoms with Crippen LogP contribution in [0.4, 0.5) is 0 Å². The largest absolute Gasteiger partial charge is 0.502 e. The van der Waals surface area contributed by atoms with Crippen molar-refractivity contribution >= 4 is 29.9 Å². The van der Waals surface area contributed by atoms with E-state index in [2.05, 4.69) is 64.2 Å². The van der Waals surface area contributed by atoms with E-state index in [9.17, 15) is 5.11 Å². The number of ether oxygens (including phenoxy) is 2. The number of rotatable bonds is 8. The first kappa shape index (κ1) is 25.3. The normalized spacial score (nSPS) is 10.9. The summed E-state index contributed by atoms with van der Waals surface area (Å²) in [6.07, 6.45) is 0. The van der Waals surface area contributed by atoms with Gasteiger partial charge in [0.05, 0.1) is 14.2 Å². The third kappa shape index (κ3) is 6.53. The van der Waals surface area contributed by atoms with Crippen molar-refractivity contribution in [2.75, 3.05) is 27.8 Å². The minimum absolute atomic E-state index is 0. The van der Waals surface area contributed by atoms with Crippen molar-refractivity contribution in [2.45, 2.75) is 12.5 Å². The fourth-order valence-corrected chi connectivity index (χ4v) is 3.45. The van der Waals surface area contributed by atoms with E-state index in [1.165, 1.54) is 25.3 Å². The van der Waals surface area contributed by atoms with Gasteiger partial charge in [0.1, 0.15) is 0 Å². The van der Waals surface area contributed by atoms with E-state index in [0.717, 1.165) is 5.56 Å². The second kappa shape index (κ2) is 12.8. The van der Waals surface area contributed by atoms with Gasteiger partial charge in [-0.15, -0.1) is 24.0 Å². The highest BCUT2D eigenvalue weighted by Gasteiger charge is 2.15. The quantitative estimate of drug-likeness (QED) is 0.220. The Labute approximate surface area is 206 Å². The number of guanidine groups is 1. The number of phenols is 1. The summed E-state index contributed by atoms with van der Waals surface area (Å²) in [5, 5.41) is 16.8. The van der Waals surface area contributed by atoms with E-state index in [-0.39, 0.29) is 35.6 Å². The molecule has 0 aliphatic carbocycles. The highest BCUT2D eigenvalue weighted by Crippen LogP contribution is 2.37. The highest BCUT2D eigenvalue weighted by molar-refractivity contribution is 14.0. The lowest BCUT2D eigenvalue weighted by molar-refractivity contribution is 0.339. The van der Waals surface area contributed by atoms with Gasteiger partial charge in [-0.1, -0.05) is 60.7 Å². The summed E-state index contributed by atoms with van der Waals surface area (Å²) in [7, 11) is 4.77. The van der Waals surface area contributed by atoms with Crippen molar-refractivity contribution in [2.24, 2.45) is 4.99 Å². The summed E-state index contributed by atoms with van der Waals surface area (Å²) >= 11 is 0. The van der Waals surface area contributed by atoms with Gasteiger partial charge in [0.15, 0.2) is 17.5 Å². The van der Waals surface area contributed by atoms with Crippen LogP contribution >= 0.6 is 24.0 Å². The number of methoxy groups -OCH3 is 2.